The standard InChI is InChI=1S/C35H43FN4O5.C22H22FN3O2.C2H6/c1-35(2,3)45-33(42)38-30(23-12-8-5-9-13-23)32(41)39-17-16-29-31(39)27(26-19-37-28-18-24(36)14-15-25(26)28)20-40(29)34(43)44-21-22-10-6-4-7-11-22;23-15-6-7-16-17(11-25-19(16)10-15)18-12-26(20-8-9-24-21(18)20)22(27)28-13-14-4-2-1-3-5-14;1-2/h4,6-7,10-11,14-15,18-19,23,27,29-31,37H,5,8-9,12-13,16-17,20-21H2,1-3H3,(H,38,42);1-7,10-11,18,20-21,24-25H,8-9,12-13H2;1-2H3/t27-,29-,30+,31-;18-,20-,21-;/m11./s1. The number of nitrogens with zero attached hydrogens (tertiary/aromatic N) is 3. The Bertz CT molecular complexity index is 2920. The normalized spacial score (nSPS) is 22.6. The van der Waals surface area contributed by atoms with Crippen molar-refractivity contribution in [3.8, 4) is 0 Å². The van der Waals surface area contributed by atoms with Gasteiger partial charge >= 0.3 is 18.3 Å². The molecule has 16 heteroatoms. The van der Waals surface area contributed by atoms with Crippen molar-refractivity contribution in [1.82, 2.24) is 35.3 Å². The fraction of sp³-hybridized carbons (Fsp3) is 0.458. The third-order valence-electron chi connectivity index (χ3n) is 15.5. The first-order valence-corrected chi connectivity index (χ1v) is 26.8. The van der Waals surface area contributed by atoms with Gasteiger partial charge in [0.25, 0.3) is 0 Å². The van der Waals surface area contributed by atoms with Crippen molar-refractivity contribution in [2.24, 2.45) is 5.92 Å². The Morgan fingerprint density at radius 2 is 1.20 bits per heavy atom. The number of halogens is 2. The summed E-state index contributed by atoms with van der Waals surface area (Å²) >= 11 is 0. The minimum atomic E-state index is -0.726. The summed E-state index contributed by atoms with van der Waals surface area (Å²) in [4.78, 5) is 65.8. The Kier molecular flexibility index (Phi) is 16.4. The van der Waals surface area contributed by atoms with Crippen LogP contribution >= 0.6 is 0 Å². The summed E-state index contributed by atoms with van der Waals surface area (Å²) in [6.45, 7) is 12.1. The van der Waals surface area contributed by atoms with Crippen molar-refractivity contribution in [3.05, 3.63) is 143 Å². The average molecular weight is 1030 g/mol. The van der Waals surface area contributed by atoms with Crippen LogP contribution in [0.15, 0.2) is 109 Å². The molecule has 1 saturated carbocycles. The second-order valence-electron chi connectivity index (χ2n) is 21.2. The van der Waals surface area contributed by atoms with E-state index in [0.717, 1.165) is 83.6 Å². The van der Waals surface area contributed by atoms with Gasteiger partial charge < -0.3 is 49.5 Å². The Morgan fingerprint density at radius 3 is 1.76 bits per heavy atom. The van der Waals surface area contributed by atoms with Gasteiger partial charge in [-0.2, -0.15) is 0 Å². The van der Waals surface area contributed by atoms with E-state index in [1.54, 1.807) is 31.7 Å². The van der Waals surface area contributed by atoms with Crippen LogP contribution in [0.4, 0.5) is 23.2 Å². The number of aromatic nitrogens is 2. The fourth-order valence-corrected chi connectivity index (χ4v) is 12.2. The van der Waals surface area contributed by atoms with Crippen LogP contribution in [0.2, 0.25) is 0 Å². The van der Waals surface area contributed by atoms with E-state index in [9.17, 15) is 28.0 Å². The highest BCUT2D eigenvalue weighted by Crippen LogP contribution is 2.45. The van der Waals surface area contributed by atoms with E-state index in [1.165, 1.54) is 24.3 Å². The third kappa shape index (κ3) is 11.8. The highest BCUT2D eigenvalue weighted by atomic mass is 19.1. The van der Waals surface area contributed by atoms with Gasteiger partial charge in [0.1, 0.15) is 36.5 Å². The molecule has 11 rings (SSSR count). The molecule has 4 N–H and O–H groups in total. The van der Waals surface area contributed by atoms with E-state index in [1.807, 2.05) is 103 Å². The molecule has 0 unspecified atom stereocenters. The molecule has 6 aromatic rings. The number of alkyl carbamates (subject to hydrolysis) is 1. The van der Waals surface area contributed by atoms with Gasteiger partial charge in [0.2, 0.25) is 5.91 Å². The lowest BCUT2D eigenvalue weighted by atomic mass is 9.83. The maximum Gasteiger partial charge on any atom is 0.410 e. The first kappa shape index (κ1) is 52.9. The van der Waals surface area contributed by atoms with Crippen LogP contribution in [0.25, 0.3) is 21.8 Å². The van der Waals surface area contributed by atoms with Crippen LogP contribution in [0, 0.1) is 17.6 Å². The molecule has 398 valence electrons. The number of aromatic amines is 2. The summed E-state index contributed by atoms with van der Waals surface area (Å²) in [5, 5.41) is 8.38. The number of hydrogen-bond acceptors (Lipinski definition) is 8. The van der Waals surface area contributed by atoms with Crippen LogP contribution in [0.3, 0.4) is 0 Å². The summed E-state index contributed by atoms with van der Waals surface area (Å²) in [5.74, 6) is -0.825. The Morgan fingerprint density at radius 1 is 0.667 bits per heavy atom. The Labute approximate surface area is 437 Å². The van der Waals surface area contributed by atoms with Crippen molar-refractivity contribution in [2.45, 2.75) is 140 Å². The summed E-state index contributed by atoms with van der Waals surface area (Å²) in [5.41, 5.74) is 4.67. The number of amides is 4. The van der Waals surface area contributed by atoms with E-state index in [-0.39, 0.29) is 78.8 Å². The number of ether oxygens (including phenoxy) is 3. The van der Waals surface area contributed by atoms with Crippen molar-refractivity contribution >= 4 is 46.0 Å². The SMILES string of the molecule is CC.CC(C)(C)OC(=O)N[C@H](C(=O)N1CC[C@@H]2[C@H]1[C@@H](c1c[nH]c3cc(F)ccc13)CN2C(=O)OCc1ccccc1)C1CCCCC1.O=C(OCc1ccccc1)N1C[C@H](c2c[nH]c3cc(F)ccc23)[C@H]2NCC[C@H]21. The van der Waals surface area contributed by atoms with E-state index in [0.29, 0.717) is 31.6 Å². The van der Waals surface area contributed by atoms with Gasteiger partial charge in [-0.1, -0.05) is 93.8 Å². The van der Waals surface area contributed by atoms with Crippen molar-refractivity contribution in [2.75, 3.05) is 26.2 Å². The van der Waals surface area contributed by atoms with Gasteiger partial charge in [-0.15, -0.1) is 0 Å². The van der Waals surface area contributed by atoms with Crippen molar-refractivity contribution < 1.29 is 42.2 Å². The van der Waals surface area contributed by atoms with E-state index < -0.39 is 23.8 Å². The van der Waals surface area contributed by atoms with E-state index in [4.69, 9.17) is 14.2 Å². The van der Waals surface area contributed by atoms with Gasteiger partial charge in [-0.3, -0.25) is 4.79 Å². The molecular formula is C59H71F2N7O7. The van der Waals surface area contributed by atoms with E-state index in [2.05, 4.69) is 20.6 Å². The number of fused-ring (bicyclic) bond motifs is 4. The largest absolute Gasteiger partial charge is 0.445 e. The highest BCUT2D eigenvalue weighted by Gasteiger charge is 2.55. The number of nitrogens with one attached hydrogen (secondary N) is 4. The molecule has 0 bridgehead atoms. The molecule has 5 aliphatic rings. The molecule has 75 heavy (non-hydrogen) atoms. The van der Waals surface area contributed by atoms with Crippen LogP contribution in [0.5, 0.6) is 0 Å². The lowest BCUT2D eigenvalue weighted by molar-refractivity contribution is -0.136. The molecular weight excluding hydrogens is 957 g/mol. The monoisotopic (exact) mass is 1030 g/mol. The second kappa shape index (κ2) is 23.3. The molecule has 1 aliphatic carbocycles. The summed E-state index contributed by atoms with van der Waals surface area (Å²) < 4.78 is 44.6. The highest BCUT2D eigenvalue weighted by molar-refractivity contribution is 5.88. The zero-order chi connectivity index (χ0) is 52.8. The number of carbonyl (C=O) groups excluding carboxylic acids is 4. The molecule has 0 spiro atoms. The van der Waals surface area contributed by atoms with Crippen LogP contribution in [0.1, 0.15) is 114 Å². The van der Waals surface area contributed by atoms with Gasteiger partial charge in [0.15, 0.2) is 0 Å². The Balaban J connectivity index is 0.000000196. The molecule has 4 aromatic carbocycles. The molecule has 4 aliphatic heterocycles. The Hall–Kier alpha value is -6.94. The average Bonchev–Trinajstić information content (AvgIpc) is 4.31. The first-order valence-electron chi connectivity index (χ1n) is 26.8. The number of benzene rings is 4. The van der Waals surface area contributed by atoms with Crippen molar-refractivity contribution in [1.29, 1.82) is 0 Å². The molecule has 14 nitrogen and oxygen atoms in total. The summed E-state index contributed by atoms with van der Waals surface area (Å²) in [6.07, 6.45) is 8.85. The molecule has 6 heterocycles. The topological polar surface area (TPSA) is 161 Å². The number of likely N-dealkylation sites (tertiary alicyclic amines) is 3. The number of rotatable bonds is 9. The number of H-pyrrole nitrogens is 2. The predicted octanol–water partition coefficient (Wildman–Crippen LogP) is 11.3. The van der Waals surface area contributed by atoms with Gasteiger partial charge in [-0.25, -0.2) is 23.2 Å². The van der Waals surface area contributed by atoms with Gasteiger partial charge in [0.05, 0.1) is 18.1 Å². The molecule has 0 radical (unpaired) electrons. The summed E-state index contributed by atoms with van der Waals surface area (Å²) in [7, 11) is 0. The smallest absolute Gasteiger partial charge is 0.410 e. The van der Waals surface area contributed by atoms with Crippen LogP contribution < -0.4 is 10.6 Å². The lowest BCUT2D eigenvalue weighted by Crippen LogP contribution is -2.55. The maximum atomic E-state index is 14.6. The zero-order valence-electron chi connectivity index (χ0n) is 43.7. The molecule has 4 saturated heterocycles. The van der Waals surface area contributed by atoms with Gasteiger partial charge in [0, 0.05) is 71.7 Å². The minimum Gasteiger partial charge on any atom is -0.445 e. The molecule has 4 amide bonds. The van der Waals surface area contributed by atoms with Gasteiger partial charge in [-0.05, 0) is 118 Å². The minimum absolute atomic E-state index is 0.000626. The number of hydrogen-bond donors (Lipinski definition) is 4. The molecule has 5 fully saturated rings. The van der Waals surface area contributed by atoms with Crippen molar-refractivity contribution in [3.63, 3.8) is 0 Å². The third-order valence-corrected chi connectivity index (χ3v) is 15.5. The lowest BCUT2D eigenvalue weighted by Gasteiger charge is -2.36. The quantitative estimate of drug-likeness (QED) is 0.104. The maximum absolute atomic E-state index is 14.6. The summed E-state index contributed by atoms with van der Waals surface area (Å²) in [6, 6.07) is 27.7. The second-order valence-corrected chi connectivity index (χ2v) is 21.2. The molecule has 2 aromatic heterocycles. The molecule has 7 atom stereocenters. The van der Waals surface area contributed by atoms with Crippen LogP contribution in [-0.4, -0.2) is 111 Å². The van der Waals surface area contributed by atoms with Crippen LogP contribution in [-0.2, 0) is 32.2 Å². The first-order chi connectivity index (χ1) is 36.3. The number of carbonyl (C=O) groups is 4. The zero-order valence-corrected chi connectivity index (χ0v) is 43.7. The van der Waals surface area contributed by atoms with E-state index >= 15 is 0 Å². The predicted molar refractivity (Wildman–Crippen MR) is 284 cm³/mol. The fourth-order valence-electron chi connectivity index (χ4n) is 12.2.